The lowest BCUT2D eigenvalue weighted by Crippen LogP contribution is -2.43. The highest BCUT2D eigenvalue weighted by Gasteiger charge is 2.14. The van der Waals surface area contributed by atoms with Gasteiger partial charge in [0.15, 0.2) is 9.84 Å². The number of likely N-dealkylation sites (N-methyl/N-ethyl adjacent to an activating group) is 1. The third kappa shape index (κ3) is 5.64. The Morgan fingerprint density at radius 2 is 1.64 bits per heavy atom. The van der Waals surface area contributed by atoms with Gasteiger partial charge in [0.2, 0.25) is 0 Å². The zero-order chi connectivity index (χ0) is 20.1. The third-order valence-electron chi connectivity index (χ3n) is 4.99. The van der Waals surface area contributed by atoms with Gasteiger partial charge in [0, 0.05) is 51.1 Å². The second kappa shape index (κ2) is 8.86. The van der Waals surface area contributed by atoms with Crippen LogP contribution in [0.5, 0.6) is 0 Å². The van der Waals surface area contributed by atoms with Crippen LogP contribution in [0.3, 0.4) is 0 Å². The van der Waals surface area contributed by atoms with Gasteiger partial charge < -0.3 is 10.2 Å². The molecule has 0 radical (unpaired) electrons. The molecule has 0 spiro atoms. The molecular weight excluding hydrogens is 374 g/mol. The predicted octanol–water partition coefficient (Wildman–Crippen LogP) is 1.77. The van der Waals surface area contributed by atoms with Crippen molar-refractivity contribution in [3.63, 3.8) is 0 Å². The van der Waals surface area contributed by atoms with Crippen LogP contribution in [0.25, 0.3) is 0 Å². The molecular formula is C21H27N3O3S. The molecule has 0 aliphatic carbocycles. The average Bonchev–Trinajstić information content (AvgIpc) is 2.68. The summed E-state index contributed by atoms with van der Waals surface area (Å²) < 4.78 is 23.0. The second-order valence-electron chi connectivity index (χ2n) is 7.38. The fourth-order valence-electron chi connectivity index (χ4n) is 3.24. The van der Waals surface area contributed by atoms with Gasteiger partial charge in [-0.25, -0.2) is 8.42 Å². The maximum atomic E-state index is 12.3. The van der Waals surface area contributed by atoms with Crippen molar-refractivity contribution in [2.75, 3.05) is 39.5 Å². The topological polar surface area (TPSA) is 69.7 Å². The summed E-state index contributed by atoms with van der Waals surface area (Å²) in [5.74, 6) is -0.218. The summed E-state index contributed by atoms with van der Waals surface area (Å²) >= 11 is 0. The summed E-state index contributed by atoms with van der Waals surface area (Å²) in [6.07, 6.45) is 1.15. The summed E-state index contributed by atoms with van der Waals surface area (Å²) in [6, 6.07) is 14.3. The summed E-state index contributed by atoms with van der Waals surface area (Å²) in [7, 11) is -1.11. The fraction of sp³-hybridized carbons (Fsp3) is 0.381. The molecule has 0 aromatic heterocycles. The van der Waals surface area contributed by atoms with Gasteiger partial charge in [-0.3, -0.25) is 9.69 Å². The van der Waals surface area contributed by atoms with Crippen LogP contribution in [0.15, 0.2) is 53.4 Å². The molecule has 6 nitrogen and oxygen atoms in total. The van der Waals surface area contributed by atoms with E-state index >= 15 is 0 Å². The van der Waals surface area contributed by atoms with Crippen LogP contribution in [-0.4, -0.2) is 63.6 Å². The lowest BCUT2D eigenvalue weighted by molar-refractivity contribution is 0.0950. The first-order valence-electron chi connectivity index (χ1n) is 9.38. The molecule has 0 atom stereocenters. The maximum absolute atomic E-state index is 12.3. The molecule has 1 heterocycles. The minimum absolute atomic E-state index is 0.209. The maximum Gasteiger partial charge on any atom is 0.251 e. The van der Waals surface area contributed by atoms with Crippen molar-refractivity contribution in [1.82, 2.24) is 15.1 Å². The molecule has 2 aromatic carbocycles. The molecule has 3 rings (SSSR count). The van der Waals surface area contributed by atoms with Crippen molar-refractivity contribution in [2.24, 2.45) is 0 Å². The number of benzene rings is 2. The highest BCUT2D eigenvalue weighted by atomic mass is 32.2. The highest BCUT2D eigenvalue weighted by molar-refractivity contribution is 7.90. The van der Waals surface area contributed by atoms with Crippen molar-refractivity contribution >= 4 is 15.7 Å². The van der Waals surface area contributed by atoms with E-state index in [1.54, 1.807) is 0 Å². The first kappa shape index (κ1) is 20.5. The molecule has 1 aliphatic heterocycles. The van der Waals surface area contributed by atoms with Crippen molar-refractivity contribution < 1.29 is 13.2 Å². The van der Waals surface area contributed by atoms with Gasteiger partial charge >= 0.3 is 0 Å². The number of nitrogens with zero attached hydrogens (tertiary/aromatic N) is 2. The minimum Gasteiger partial charge on any atom is -0.348 e. The molecule has 2 aromatic rings. The van der Waals surface area contributed by atoms with Gasteiger partial charge in [0.1, 0.15) is 0 Å². The first-order valence-corrected chi connectivity index (χ1v) is 11.3. The standard InChI is InChI=1S/C21H27N3O3S/c1-23-10-12-24(13-11-23)16-18-5-3-4-17(14-18)15-22-21(25)19-6-8-20(9-7-19)28(2,26)27/h3-9,14H,10-13,15-16H2,1-2H3,(H,22,25). The molecule has 28 heavy (non-hydrogen) atoms. The Kier molecular flexibility index (Phi) is 6.49. The van der Waals surface area contributed by atoms with E-state index < -0.39 is 9.84 Å². The molecule has 1 N–H and O–H groups in total. The highest BCUT2D eigenvalue weighted by Crippen LogP contribution is 2.12. The molecule has 1 saturated heterocycles. The fourth-order valence-corrected chi connectivity index (χ4v) is 3.87. The van der Waals surface area contributed by atoms with Crippen molar-refractivity contribution in [3.05, 3.63) is 65.2 Å². The zero-order valence-electron chi connectivity index (χ0n) is 16.4. The Hall–Kier alpha value is -2.22. The first-order chi connectivity index (χ1) is 13.3. The number of nitrogens with one attached hydrogen (secondary N) is 1. The quantitative estimate of drug-likeness (QED) is 0.799. The smallest absolute Gasteiger partial charge is 0.251 e. The van der Waals surface area contributed by atoms with Crippen LogP contribution in [0, 0.1) is 0 Å². The van der Waals surface area contributed by atoms with Gasteiger partial charge in [-0.15, -0.1) is 0 Å². The van der Waals surface area contributed by atoms with Crippen molar-refractivity contribution in [3.8, 4) is 0 Å². The van der Waals surface area contributed by atoms with E-state index in [2.05, 4.69) is 34.3 Å². The van der Waals surface area contributed by atoms with E-state index in [4.69, 9.17) is 0 Å². The van der Waals surface area contributed by atoms with E-state index in [-0.39, 0.29) is 10.8 Å². The SMILES string of the molecule is CN1CCN(Cc2cccc(CNC(=O)c3ccc(S(C)(=O)=O)cc3)c2)CC1. The number of carbonyl (C=O) groups excluding carboxylic acids is 1. The number of hydrogen-bond acceptors (Lipinski definition) is 5. The van der Waals surface area contributed by atoms with Gasteiger partial charge in [0.25, 0.3) is 5.91 Å². The van der Waals surface area contributed by atoms with Gasteiger partial charge in [-0.05, 0) is 42.4 Å². The Balaban J connectivity index is 1.56. The molecule has 150 valence electrons. The van der Waals surface area contributed by atoms with Crippen molar-refractivity contribution in [1.29, 1.82) is 0 Å². The number of carbonyl (C=O) groups is 1. The summed E-state index contributed by atoms with van der Waals surface area (Å²) in [5.41, 5.74) is 2.74. The normalized spacial score (nSPS) is 16.1. The molecule has 1 amide bonds. The molecule has 1 fully saturated rings. The molecule has 0 saturated carbocycles. The van der Waals surface area contributed by atoms with E-state index in [1.165, 1.54) is 29.8 Å². The van der Waals surface area contributed by atoms with E-state index in [0.717, 1.165) is 44.5 Å². The summed E-state index contributed by atoms with van der Waals surface area (Å²) in [5, 5.41) is 2.90. The average molecular weight is 402 g/mol. The monoisotopic (exact) mass is 401 g/mol. The van der Waals surface area contributed by atoms with E-state index in [9.17, 15) is 13.2 Å². The van der Waals surface area contributed by atoms with Crippen LogP contribution >= 0.6 is 0 Å². The number of amides is 1. The minimum atomic E-state index is -3.26. The van der Waals surface area contributed by atoms with Crippen molar-refractivity contribution in [2.45, 2.75) is 18.0 Å². The largest absolute Gasteiger partial charge is 0.348 e. The third-order valence-corrected chi connectivity index (χ3v) is 6.12. The lowest BCUT2D eigenvalue weighted by atomic mass is 10.1. The Labute approximate surface area is 167 Å². The Morgan fingerprint density at radius 3 is 2.29 bits per heavy atom. The number of piperazine rings is 1. The van der Waals surface area contributed by atoms with E-state index in [0.29, 0.717) is 12.1 Å². The van der Waals surface area contributed by atoms with Gasteiger partial charge in [0.05, 0.1) is 4.90 Å². The summed E-state index contributed by atoms with van der Waals surface area (Å²) in [6.45, 7) is 5.68. The van der Waals surface area contributed by atoms with Gasteiger partial charge in [-0.2, -0.15) is 0 Å². The summed E-state index contributed by atoms with van der Waals surface area (Å²) in [4.78, 5) is 17.3. The van der Waals surface area contributed by atoms with Crippen LogP contribution in [0.1, 0.15) is 21.5 Å². The van der Waals surface area contributed by atoms with Crippen LogP contribution in [-0.2, 0) is 22.9 Å². The van der Waals surface area contributed by atoms with Crippen LogP contribution in [0.2, 0.25) is 0 Å². The van der Waals surface area contributed by atoms with Gasteiger partial charge in [-0.1, -0.05) is 24.3 Å². The Bertz CT molecular complexity index is 918. The Morgan fingerprint density at radius 1 is 1.00 bits per heavy atom. The van der Waals surface area contributed by atoms with Crippen LogP contribution < -0.4 is 5.32 Å². The molecule has 1 aliphatic rings. The molecule has 7 heteroatoms. The molecule has 0 unspecified atom stereocenters. The number of hydrogen-bond donors (Lipinski definition) is 1. The second-order valence-corrected chi connectivity index (χ2v) is 9.39. The number of sulfone groups is 1. The van der Waals surface area contributed by atoms with E-state index in [1.807, 2.05) is 12.1 Å². The predicted molar refractivity (Wildman–Crippen MR) is 110 cm³/mol. The molecule has 0 bridgehead atoms. The van der Waals surface area contributed by atoms with Crippen LogP contribution in [0.4, 0.5) is 0 Å². The number of rotatable bonds is 6. The lowest BCUT2D eigenvalue weighted by Gasteiger charge is -2.32. The zero-order valence-corrected chi connectivity index (χ0v) is 17.2.